The summed E-state index contributed by atoms with van der Waals surface area (Å²) in [6.07, 6.45) is 1.24. The van der Waals surface area contributed by atoms with E-state index in [1.807, 2.05) is 6.07 Å². The van der Waals surface area contributed by atoms with Crippen molar-refractivity contribution in [2.45, 2.75) is 0 Å². The lowest BCUT2D eigenvalue weighted by Crippen LogP contribution is -2.12. The van der Waals surface area contributed by atoms with Crippen molar-refractivity contribution in [2.24, 2.45) is 0 Å². The molecule has 3 rings (SSSR count). The predicted molar refractivity (Wildman–Crippen MR) is 92.9 cm³/mol. The summed E-state index contributed by atoms with van der Waals surface area (Å²) in [6.45, 7) is 0. The number of nitrogens with one attached hydrogen (secondary N) is 2. The highest BCUT2D eigenvalue weighted by Crippen LogP contribution is 2.22. The summed E-state index contributed by atoms with van der Waals surface area (Å²) in [7, 11) is 0. The molecular formula is C19H11F3N4O. The molecule has 0 fully saturated rings. The first-order chi connectivity index (χ1) is 13.0. The molecule has 3 aromatic rings. The van der Waals surface area contributed by atoms with Crippen LogP contribution in [-0.4, -0.2) is 10.9 Å². The largest absolute Gasteiger partial charge is 0.338 e. The third kappa shape index (κ3) is 4.04. The number of aromatic nitrogens is 1. The molecule has 0 radical (unpaired) electrons. The zero-order valence-corrected chi connectivity index (χ0v) is 13.6. The molecule has 2 aromatic carbocycles. The van der Waals surface area contributed by atoms with Gasteiger partial charge in [-0.25, -0.2) is 18.2 Å². The van der Waals surface area contributed by atoms with Gasteiger partial charge in [-0.05, 0) is 42.5 Å². The number of nitrogens with zero attached hydrogens (tertiary/aromatic N) is 2. The van der Waals surface area contributed by atoms with Crippen LogP contribution < -0.4 is 10.6 Å². The maximum atomic E-state index is 13.7. The van der Waals surface area contributed by atoms with Gasteiger partial charge in [-0.3, -0.25) is 4.79 Å². The number of hydrogen-bond donors (Lipinski definition) is 2. The Bertz CT molecular complexity index is 1050. The van der Waals surface area contributed by atoms with Crippen molar-refractivity contribution in [2.75, 3.05) is 10.6 Å². The minimum absolute atomic E-state index is 0.142. The van der Waals surface area contributed by atoms with Crippen LogP contribution in [0.2, 0.25) is 0 Å². The summed E-state index contributed by atoms with van der Waals surface area (Å²) in [4.78, 5) is 16.2. The Morgan fingerprint density at radius 1 is 1.04 bits per heavy atom. The van der Waals surface area contributed by atoms with Crippen molar-refractivity contribution in [3.63, 3.8) is 0 Å². The van der Waals surface area contributed by atoms with E-state index in [2.05, 4.69) is 15.6 Å². The third-order valence-electron chi connectivity index (χ3n) is 3.57. The van der Waals surface area contributed by atoms with Crippen molar-refractivity contribution in [1.82, 2.24) is 4.98 Å². The van der Waals surface area contributed by atoms with E-state index in [9.17, 15) is 18.0 Å². The molecule has 0 saturated heterocycles. The molecule has 1 amide bonds. The number of anilines is 3. The van der Waals surface area contributed by atoms with Crippen LogP contribution >= 0.6 is 0 Å². The summed E-state index contributed by atoms with van der Waals surface area (Å²) in [5, 5.41) is 14.0. The van der Waals surface area contributed by atoms with E-state index in [1.54, 1.807) is 18.2 Å². The van der Waals surface area contributed by atoms with Gasteiger partial charge < -0.3 is 10.6 Å². The predicted octanol–water partition coefficient (Wildman–Crippen LogP) is 4.37. The van der Waals surface area contributed by atoms with Gasteiger partial charge in [0, 0.05) is 11.9 Å². The van der Waals surface area contributed by atoms with Crippen LogP contribution in [0.5, 0.6) is 0 Å². The number of benzene rings is 2. The van der Waals surface area contributed by atoms with Gasteiger partial charge in [0.25, 0.3) is 5.91 Å². The molecule has 0 saturated carbocycles. The highest BCUT2D eigenvalue weighted by Gasteiger charge is 2.14. The Balaban J connectivity index is 1.72. The first-order valence-corrected chi connectivity index (χ1v) is 7.66. The number of halogens is 3. The number of amides is 1. The third-order valence-corrected chi connectivity index (χ3v) is 3.57. The summed E-state index contributed by atoms with van der Waals surface area (Å²) in [6, 6.07) is 13.0. The molecule has 0 spiro atoms. The van der Waals surface area contributed by atoms with Crippen LogP contribution in [0.3, 0.4) is 0 Å². The lowest BCUT2D eigenvalue weighted by atomic mass is 10.2. The minimum Gasteiger partial charge on any atom is -0.338 e. The van der Waals surface area contributed by atoms with Crippen molar-refractivity contribution >= 4 is 23.1 Å². The molecule has 8 heteroatoms. The van der Waals surface area contributed by atoms with Gasteiger partial charge in [0.05, 0.1) is 22.9 Å². The molecule has 1 aromatic heterocycles. The number of carbonyl (C=O) groups excluding carboxylic acids is 1. The van der Waals surface area contributed by atoms with E-state index in [0.29, 0.717) is 11.3 Å². The molecule has 0 aliphatic rings. The topological polar surface area (TPSA) is 77.8 Å². The number of hydrogen-bond acceptors (Lipinski definition) is 4. The van der Waals surface area contributed by atoms with E-state index >= 15 is 0 Å². The number of pyridine rings is 1. The molecular weight excluding hydrogens is 357 g/mol. The SMILES string of the molecule is N#Cc1cccc(NC(=O)c2ccc(Nc3ccc(F)c(F)c3F)nc2)c1. The Labute approximate surface area is 152 Å². The first kappa shape index (κ1) is 17.9. The van der Waals surface area contributed by atoms with Crippen LogP contribution in [0.25, 0.3) is 0 Å². The van der Waals surface area contributed by atoms with Crippen molar-refractivity contribution < 1.29 is 18.0 Å². The monoisotopic (exact) mass is 368 g/mol. The van der Waals surface area contributed by atoms with E-state index in [4.69, 9.17) is 5.26 Å². The highest BCUT2D eigenvalue weighted by atomic mass is 19.2. The number of carbonyl (C=O) groups is 1. The molecule has 0 aliphatic carbocycles. The molecule has 1 heterocycles. The number of rotatable bonds is 4. The van der Waals surface area contributed by atoms with Crippen molar-refractivity contribution in [1.29, 1.82) is 5.26 Å². The lowest BCUT2D eigenvalue weighted by molar-refractivity contribution is 0.102. The molecule has 27 heavy (non-hydrogen) atoms. The van der Waals surface area contributed by atoms with Gasteiger partial charge in [-0.2, -0.15) is 5.26 Å². The standard InChI is InChI=1S/C19H11F3N4O/c20-14-5-6-15(18(22)17(14)21)26-16-7-4-12(10-24-16)19(27)25-13-3-1-2-11(8-13)9-23/h1-8,10H,(H,24,26)(H,25,27). The first-order valence-electron chi connectivity index (χ1n) is 7.66. The van der Waals surface area contributed by atoms with Gasteiger partial charge in [0.15, 0.2) is 17.5 Å². The quantitative estimate of drug-likeness (QED) is 0.671. The molecule has 0 atom stereocenters. The van der Waals surface area contributed by atoms with Gasteiger partial charge >= 0.3 is 0 Å². The van der Waals surface area contributed by atoms with Gasteiger partial charge in [0.1, 0.15) is 5.82 Å². The summed E-state index contributed by atoms with van der Waals surface area (Å²) in [5.41, 5.74) is 0.782. The van der Waals surface area contributed by atoms with Crippen LogP contribution in [-0.2, 0) is 0 Å². The van der Waals surface area contributed by atoms with Gasteiger partial charge in [-0.1, -0.05) is 6.07 Å². The fourth-order valence-corrected chi connectivity index (χ4v) is 2.23. The fraction of sp³-hybridized carbons (Fsp3) is 0. The Kier molecular flexibility index (Phi) is 5.04. The normalized spacial score (nSPS) is 10.1. The maximum absolute atomic E-state index is 13.7. The zero-order valence-electron chi connectivity index (χ0n) is 13.6. The second-order valence-corrected chi connectivity index (χ2v) is 5.43. The average Bonchev–Trinajstić information content (AvgIpc) is 2.69. The van der Waals surface area contributed by atoms with Gasteiger partial charge in [-0.15, -0.1) is 0 Å². The molecule has 5 nitrogen and oxygen atoms in total. The van der Waals surface area contributed by atoms with Crippen LogP contribution in [0, 0.1) is 28.8 Å². The highest BCUT2D eigenvalue weighted by molar-refractivity contribution is 6.04. The maximum Gasteiger partial charge on any atom is 0.257 e. The number of nitriles is 1. The fourth-order valence-electron chi connectivity index (χ4n) is 2.23. The van der Waals surface area contributed by atoms with E-state index in [0.717, 1.165) is 12.1 Å². The second-order valence-electron chi connectivity index (χ2n) is 5.43. The average molecular weight is 368 g/mol. The van der Waals surface area contributed by atoms with Crippen molar-refractivity contribution in [3.05, 3.63) is 83.3 Å². The Morgan fingerprint density at radius 3 is 2.56 bits per heavy atom. The van der Waals surface area contributed by atoms with E-state index in [1.165, 1.54) is 24.4 Å². The molecule has 0 aliphatic heterocycles. The Hall–Kier alpha value is -3.86. The molecule has 2 N–H and O–H groups in total. The summed E-state index contributed by atoms with van der Waals surface area (Å²) in [5.74, 6) is -4.56. The second kappa shape index (κ2) is 7.58. The van der Waals surface area contributed by atoms with Crippen LogP contribution in [0.4, 0.5) is 30.4 Å². The summed E-state index contributed by atoms with van der Waals surface area (Å²) < 4.78 is 39.9. The molecule has 0 bridgehead atoms. The van der Waals surface area contributed by atoms with E-state index in [-0.39, 0.29) is 17.1 Å². The Morgan fingerprint density at radius 2 is 1.85 bits per heavy atom. The smallest absolute Gasteiger partial charge is 0.257 e. The zero-order chi connectivity index (χ0) is 19.4. The molecule has 134 valence electrons. The summed E-state index contributed by atoms with van der Waals surface area (Å²) >= 11 is 0. The minimum atomic E-state index is -1.59. The van der Waals surface area contributed by atoms with Crippen LogP contribution in [0.1, 0.15) is 15.9 Å². The lowest BCUT2D eigenvalue weighted by Gasteiger charge is -2.09. The van der Waals surface area contributed by atoms with Crippen molar-refractivity contribution in [3.8, 4) is 6.07 Å². The van der Waals surface area contributed by atoms with Crippen LogP contribution in [0.15, 0.2) is 54.7 Å². The van der Waals surface area contributed by atoms with E-state index < -0.39 is 23.4 Å². The molecule has 0 unspecified atom stereocenters. The van der Waals surface area contributed by atoms with Gasteiger partial charge in [0.2, 0.25) is 0 Å².